The Bertz CT molecular complexity index is 352. The molecule has 1 fully saturated rings. The third-order valence-corrected chi connectivity index (χ3v) is 2.59. The fourth-order valence-corrected chi connectivity index (χ4v) is 1.56. The van der Waals surface area contributed by atoms with E-state index < -0.39 is 0 Å². The van der Waals surface area contributed by atoms with Crippen molar-refractivity contribution in [1.29, 1.82) is 0 Å². The number of nitrogens with zero attached hydrogens (tertiary/aromatic N) is 1. The Balaban J connectivity index is 2.06. The van der Waals surface area contributed by atoms with Gasteiger partial charge in [0, 0.05) is 10.7 Å². The van der Waals surface area contributed by atoms with Gasteiger partial charge in [-0.3, -0.25) is 4.79 Å². The van der Waals surface area contributed by atoms with Crippen molar-refractivity contribution in [1.82, 2.24) is 10.3 Å². The number of carbonyl (C=O) groups is 1. The van der Waals surface area contributed by atoms with Gasteiger partial charge in [-0.05, 0) is 28.1 Å². The predicted molar refractivity (Wildman–Crippen MR) is 54.0 cm³/mol. The Morgan fingerprint density at radius 3 is 3.00 bits per heavy atom. The quantitative estimate of drug-likeness (QED) is 0.858. The van der Waals surface area contributed by atoms with E-state index in [1.807, 2.05) is 0 Å². The maximum Gasteiger partial charge on any atom is 0.271 e. The fraction of sp³-hybridized carbons (Fsp3) is 0.333. The minimum absolute atomic E-state index is 0.136. The number of ether oxygens (including phenoxy) is 1. The highest BCUT2D eigenvalue weighted by molar-refractivity contribution is 9.10. The van der Waals surface area contributed by atoms with Gasteiger partial charge in [0.15, 0.2) is 0 Å². The molecule has 1 aliphatic rings. The van der Waals surface area contributed by atoms with Crippen molar-refractivity contribution in [2.45, 2.75) is 6.04 Å². The van der Waals surface area contributed by atoms with Gasteiger partial charge in [0.1, 0.15) is 5.69 Å². The highest BCUT2D eigenvalue weighted by Gasteiger charge is 2.22. The molecule has 0 saturated carbocycles. The van der Waals surface area contributed by atoms with Crippen LogP contribution >= 0.6 is 15.9 Å². The van der Waals surface area contributed by atoms with E-state index in [-0.39, 0.29) is 11.9 Å². The van der Waals surface area contributed by atoms with E-state index in [9.17, 15) is 4.79 Å². The van der Waals surface area contributed by atoms with Crippen LogP contribution in [0.2, 0.25) is 0 Å². The van der Waals surface area contributed by atoms with Crippen LogP contribution in [0.15, 0.2) is 22.8 Å². The number of pyridine rings is 1. The first-order chi connectivity index (χ1) is 6.77. The van der Waals surface area contributed by atoms with Gasteiger partial charge in [0.05, 0.1) is 19.3 Å². The average Bonchev–Trinajstić information content (AvgIpc) is 2.12. The zero-order valence-electron chi connectivity index (χ0n) is 7.37. The second kappa shape index (κ2) is 4.06. The molecule has 1 amide bonds. The van der Waals surface area contributed by atoms with Crippen molar-refractivity contribution in [2.75, 3.05) is 13.2 Å². The van der Waals surface area contributed by atoms with E-state index in [1.54, 1.807) is 18.3 Å². The van der Waals surface area contributed by atoms with Crippen molar-refractivity contribution >= 4 is 21.8 Å². The van der Waals surface area contributed by atoms with Gasteiger partial charge in [-0.1, -0.05) is 0 Å². The molecular formula is C9H9BrN2O2. The topological polar surface area (TPSA) is 51.2 Å². The lowest BCUT2D eigenvalue weighted by Gasteiger charge is -2.26. The van der Waals surface area contributed by atoms with Crippen LogP contribution in [0.1, 0.15) is 10.5 Å². The lowest BCUT2D eigenvalue weighted by atomic mass is 10.2. The first-order valence-corrected chi connectivity index (χ1v) is 5.06. The molecule has 1 aromatic heterocycles. The molecule has 0 aromatic carbocycles. The number of hydrogen-bond acceptors (Lipinski definition) is 3. The van der Waals surface area contributed by atoms with Crippen LogP contribution in [0.5, 0.6) is 0 Å². The highest BCUT2D eigenvalue weighted by Crippen LogP contribution is 2.13. The summed E-state index contributed by atoms with van der Waals surface area (Å²) in [4.78, 5) is 15.6. The average molecular weight is 257 g/mol. The van der Waals surface area contributed by atoms with Gasteiger partial charge >= 0.3 is 0 Å². The summed E-state index contributed by atoms with van der Waals surface area (Å²) in [6.45, 7) is 1.19. The summed E-state index contributed by atoms with van der Waals surface area (Å²) >= 11 is 3.27. The summed E-state index contributed by atoms with van der Waals surface area (Å²) in [7, 11) is 0. The number of halogens is 1. The maximum atomic E-state index is 11.6. The van der Waals surface area contributed by atoms with Gasteiger partial charge in [0.2, 0.25) is 0 Å². The molecule has 2 heterocycles. The predicted octanol–water partition coefficient (Wildman–Crippen LogP) is 0.973. The Morgan fingerprint density at radius 1 is 1.64 bits per heavy atom. The van der Waals surface area contributed by atoms with Crippen molar-refractivity contribution in [3.8, 4) is 0 Å². The molecule has 1 aliphatic heterocycles. The normalized spacial score (nSPS) is 16.1. The van der Waals surface area contributed by atoms with Crippen molar-refractivity contribution in [2.24, 2.45) is 0 Å². The second-order valence-electron chi connectivity index (χ2n) is 3.04. The zero-order chi connectivity index (χ0) is 9.97. The van der Waals surface area contributed by atoms with Gasteiger partial charge in [-0.25, -0.2) is 4.98 Å². The lowest BCUT2D eigenvalue weighted by Crippen LogP contribution is -2.48. The molecule has 1 aromatic rings. The van der Waals surface area contributed by atoms with E-state index in [2.05, 4.69) is 26.2 Å². The minimum Gasteiger partial charge on any atom is -0.377 e. The summed E-state index contributed by atoms with van der Waals surface area (Å²) in [5.74, 6) is -0.161. The summed E-state index contributed by atoms with van der Waals surface area (Å²) in [6, 6.07) is 3.70. The molecular weight excluding hydrogens is 248 g/mol. The number of carbonyl (C=O) groups excluding carboxylic acids is 1. The van der Waals surface area contributed by atoms with Crippen LogP contribution < -0.4 is 5.32 Å². The molecule has 0 bridgehead atoms. The van der Waals surface area contributed by atoms with Crippen molar-refractivity contribution < 1.29 is 9.53 Å². The van der Waals surface area contributed by atoms with Gasteiger partial charge in [-0.2, -0.15) is 0 Å². The number of amides is 1. The molecule has 2 rings (SSSR count). The molecule has 0 radical (unpaired) electrons. The van der Waals surface area contributed by atoms with Crippen LogP contribution in [0.4, 0.5) is 0 Å². The monoisotopic (exact) mass is 256 g/mol. The van der Waals surface area contributed by atoms with E-state index in [0.717, 1.165) is 0 Å². The minimum atomic E-state index is -0.161. The number of hydrogen-bond donors (Lipinski definition) is 1. The van der Waals surface area contributed by atoms with Crippen LogP contribution in [-0.2, 0) is 4.74 Å². The van der Waals surface area contributed by atoms with Crippen molar-refractivity contribution in [3.05, 3.63) is 28.5 Å². The summed E-state index contributed by atoms with van der Waals surface area (Å²) in [5, 5.41) is 2.82. The maximum absolute atomic E-state index is 11.6. The molecule has 0 unspecified atom stereocenters. The van der Waals surface area contributed by atoms with E-state index in [4.69, 9.17) is 4.74 Å². The molecule has 0 aliphatic carbocycles. The standard InChI is InChI=1S/C9H9BrN2O2/c10-7-2-1-3-11-8(7)9(13)12-6-4-14-5-6/h1-3,6H,4-5H2,(H,12,13). The largest absolute Gasteiger partial charge is 0.377 e. The molecule has 4 nitrogen and oxygen atoms in total. The number of nitrogens with one attached hydrogen (secondary N) is 1. The Hall–Kier alpha value is -0.940. The van der Waals surface area contributed by atoms with Crippen LogP contribution in [0.25, 0.3) is 0 Å². The Kier molecular flexibility index (Phi) is 2.79. The van der Waals surface area contributed by atoms with E-state index >= 15 is 0 Å². The van der Waals surface area contributed by atoms with Gasteiger partial charge < -0.3 is 10.1 Å². The van der Waals surface area contributed by atoms with Crippen LogP contribution in [0, 0.1) is 0 Å². The van der Waals surface area contributed by atoms with Gasteiger partial charge in [-0.15, -0.1) is 0 Å². The summed E-state index contributed by atoms with van der Waals surface area (Å²) in [5.41, 5.74) is 0.416. The Morgan fingerprint density at radius 2 is 2.43 bits per heavy atom. The van der Waals surface area contributed by atoms with Gasteiger partial charge in [0.25, 0.3) is 5.91 Å². The summed E-state index contributed by atoms with van der Waals surface area (Å²) < 4.78 is 5.66. The third-order valence-electron chi connectivity index (χ3n) is 1.95. The third kappa shape index (κ3) is 1.93. The zero-order valence-corrected chi connectivity index (χ0v) is 8.95. The van der Waals surface area contributed by atoms with Crippen LogP contribution in [0.3, 0.4) is 0 Å². The van der Waals surface area contributed by atoms with Crippen LogP contribution in [-0.4, -0.2) is 30.1 Å². The first kappa shape index (κ1) is 9.61. The lowest BCUT2D eigenvalue weighted by molar-refractivity contribution is -0.00356. The smallest absolute Gasteiger partial charge is 0.271 e. The molecule has 1 N–H and O–H groups in total. The number of aromatic nitrogens is 1. The van der Waals surface area contributed by atoms with E-state index in [1.165, 1.54) is 0 Å². The summed E-state index contributed by atoms with van der Waals surface area (Å²) in [6.07, 6.45) is 1.59. The van der Waals surface area contributed by atoms with E-state index in [0.29, 0.717) is 23.4 Å². The molecule has 0 spiro atoms. The highest BCUT2D eigenvalue weighted by atomic mass is 79.9. The molecule has 1 saturated heterocycles. The number of rotatable bonds is 2. The van der Waals surface area contributed by atoms with Crippen molar-refractivity contribution in [3.63, 3.8) is 0 Å². The SMILES string of the molecule is O=C(NC1COC1)c1ncccc1Br. The Labute approximate surface area is 89.8 Å². The fourth-order valence-electron chi connectivity index (χ4n) is 1.13. The first-order valence-electron chi connectivity index (χ1n) is 4.26. The molecule has 0 atom stereocenters. The molecule has 14 heavy (non-hydrogen) atoms. The molecule has 5 heteroatoms. The second-order valence-corrected chi connectivity index (χ2v) is 3.90. The molecule has 74 valence electrons.